The smallest absolute Gasteiger partial charge is 0.408 e. The van der Waals surface area contributed by atoms with Gasteiger partial charge in [0.2, 0.25) is 0 Å². The van der Waals surface area contributed by atoms with E-state index in [9.17, 15) is 14.4 Å². The van der Waals surface area contributed by atoms with Crippen molar-refractivity contribution in [3.63, 3.8) is 0 Å². The van der Waals surface area contributed by atoms with Crippen LogP contribution in [0.3, 0.4) is 0 Å². The molecule has 12 nitrogen and oxygen atoms in total. The van der Waals surface area contributed by atoms with Gasteiger partial charge in [0.05, 0.1) is 23.9 Å². The van der Waals surface area contributed by atoms with Gasteiger partial charge in [0.15, 0.2) is 5.95 Å². The minimum Gasteiger partial charge on any atom is -0.464 e. The van der Waals surface area contributed by atoms with Gasteiger partial charge in [-0.05, 0) is 18.1 Å². The van der Waals surface area contributed by atoms with Crippen molar-refractivity contribution in [1.29, 1.82) is 0 Å². The zero-order valence-corrected chi connectivity index (χ0v) is 19.9. The molecular weight excluding hydrogens is 478 g/mol. The van der Waals surface area contributed by atoms with Crippen LogP contribution in [0.25, 0.3) is 10.9 Å². The van der Waals surface area contributed by atoms with Crippen molar-refractivity contribution in [1.82, 2.24) is 30.8 Å². The first kappa shape index (κ1) is 25.2. The summed E-state index contributed by atoms with van der Waals surface area (Å²) in [4.78, 5) is 45.0. The molecule has 12 heteroatoms. The number of ether oxygens (including phenoxy) is 2. The zero-order chi connectivity index (χ0) is 25.9. The molecule has 0 fully saturated rings. The first-order valence-corrected chi connectivity index (χ1v) is 11.7. The Morgan fingerprint density at radius 2 is 1.89 bits per heavy atom. The number of hydrogen-bond donors (Lipinski definition) is 5. The maximum Gasteiger partial charge on any atom is 0.408 e. The maximum absolute atomic E-state index is 12.8. The minimum atomic E-state index is -1.16. The number of fused-ring (bicyclic) bond motifs is 1. The van der Waals surface area contributed by atoms with Crippen LogP contribution < -0.4 is 16.0 Å². The fourth-order valence-corrected chi connectivity index (χ4v) is 3.46. The number of rotatable bonds is 12. The lowest BCUT2D eigenvalue weighted by Crippen LogP contribution is -2.49. The van der Waals surface area contributed by atoms with Gasteiger partial charge >= 0.3 is 12.1 Å². The number of esters is 1. The summed E-state index contributed by atoms with van der Waals surface area (Å²) in [7, 11) is 0. The third-order valence-corrected chi connectivity index (χ3v) is 5.33. The lowest BCUT2D eigenvalue weighted by atomic mass is 10.1. The number of H-pyrrole nitrogens is 2. The van der Waals surface area contributed by atoms with E-state index >= 15 is 0 Å². The number of carbonyl (C=O) groups excluding carboxylic acids is 3. The van der Waals surface area contributed by atoms with Gasteiger partial charge in [0, 0.05) is 30.9 Å². The molecule has 2 amide bonds. The van der Waals surface area contributed by atoms with Gasteiger partial charge in [-0.15, -0.1) is 0 Å². The molecule has 2 aromatic carbocycles. The van der Waals surface area contributed by atoms with E-state index in [1.165, 1.54) is 0 Å². The number of aromatic nitrogens is 4. The molecular formula is C25H27N7O5. The second-order valence-corrected chi connectivity index (χ2v) is 7.99. The Hall–Kier alpha value is -4.87. The fraction of sp³-hybridized carbons (Fsp3) is 0.240. The Morgan fingerprint density at radius 1 is 1.03 bits per heavy atom. The third kappa shape index (κ3) is 7.31. The average Bonchev–Trinajstić information content (AvgIpc) is 3.62. The largest absolute Gasteiger partial charge is 0.464 e. The van der Waals surface area contributed by atoms with Crippen LogP contribution in [0.5, 0.6) is 0 Å². The second kappa shape index (κ2) is 12.7. The van der Waals surface area contributed by atoms with Crippen LogP contribution in [0, 0.1) is 0 Å². The number of imidazole rings is 1. The predicted octanol–water partition coefficient (Wildman–Crippen LogP) is 2.36. The first-order chi connectivity index (χ1) is 18.1. The number of para-hydroxylation sites is 1. The molecule has 37 heavy (non-hydrogen) atoms. The summed E-state index contributed by atoms with van der Waals surface area (Å²) in [6.45, 7) is 0.447. The molecule has 2 aromatic heterocycles. The lowest BCUT2D eigenvalue weighted by Gasteiger charge is -2.18. The highest BCUT2D eigenvalue weighted by Gasteiger charge is 2.24. The van der Waals surface area contributed by atoms with Gasteiger partial charge < -0.3 is 30.4 Å². The highest BCUT2D eigenvalue weighted by atomic mass is 16.6. The van der Waals surface area contributed by atoms with E-state index in [0.717, 1.165) is 10.9 Å². The Kier molecular flexibility index (Phi) is 8.68. The predicted molar refractivity (Wildman–Crippen MR) is 135 cm³/mol. The van der Waals surface area contributed by atoms with Crippen molar-refractivity contribution in [2.75, 3.05) is 25.0 Å². The van der Waals surface area contributed by atoms with E-state index < -0.39 is 24.0 Å². The molecule has 1 atom stereocenters. The number of carbonyl (C=O) groups is 3. The number of aromatic amines is 2. The highest BCUT2D eigenvalue weighted by Crippen LogP contribution is 2.15. The average molecular weight is 506 g/mol. The Labute approximate surface area is 212 Å². The molecule has 0 aliphatic heterocycles. The monoisotopic (exact) mass is 505 g/mol. The van der Waals surface area contributed by atoms with Gasteiger partial charge in [0.1, 0.15) is 12.6 Å². The SMILES string of the molecule is O=C(NC(CNC(=O)c1cccc2cn[nH]c12)C(=O)OCCCNc1ncc[nH]1)OCc1ccccc1. The summed E-state index contributed by atoms with van der Waals surface area (Å²) in [5.74, 6) is -0.522. The summed E-state index contributed by atoms with van der Waals surface area (Å²) in [5, 5.41) is 15.7. The number of amides is 2. The molecule has 4 aromatic rings. The molecule has 0 saturated carbocycles. The number of alkyl carbamates (subject to hydrolysis) is 1. The number of anilines is 1. The molecule has 192 valence electrons. The van der Waals surface area contributed by atoms with Crippen LogP contribution in [0.2, 0.25) is 0 Å². The Balaban J connectivity index is 1.32. The van der Waals surface area contributed by atoms with Crippen LogP contribution in [0.4, 0.5) is 10.7 Å². The summed E-state index contributed by atoms with van der Waals surface area (Å²) in [6, 6.07) is 13.2. The van der Waals surface area contributed by atoms with Crippen molar-refractivity contribution in [3.8, 4) is 0 Å². The molecule has 0 spiro atoms. The molecule has 0 bridgehead atoms. The molecule has 2 heterocycles. The van der Waals surface area contributed by atoms with Crippen molar-refractivity contribution >= 4 is 34.8 Å². The molecule has 0 radical (unpaired) electrons. The summed E-state index contributed by atoms with van der Waals surface area (Å²) >= 11 is 0. The molecule has 0 saturated heterocycles. The fourth-order valence-electron chi connectivity index (χ4n) is 3.46. The highest BCUT2D eigenvalue weighted by molar-refractivity contribution is 6.05. The topological polar surface area (TPSA) is 163 Å². The Bertz CT molecular complexity index is 1310. The van der Waals surface area contributed by atoms with Gasteiger partial charge in [0.25, 0.3) is 5.91 Å². The summed E-state index contributed by atoms with van der Waals surface area (Å²) in [5.41, 5.74) is 1.72. The van der Waals surface area contributed by atoms with Crippen LogP contribution in [0.1, 0.15) is 22.3 Å². The van der Waals surface area contributed by atoms with Crippen LogP contribution in [0.15, 0.2) is 67.1 Å². The van der Waals surface area contributed by atoms with Crippen molar-refractivity contribution in [2.24, 2.45) is 0 Å². The molecule has 0 aliphatic carbocycles. The van der Waals surface area contributed by atoms with Crippen LogP contribution in [-0.2, 0) is 20.9 Å². The normalized spacial score (nSPS) is 11.5. The summed E-state index contributed by atoms with van der Waals surface area (Å²) in [6.07, 6.45) is 4.62. The number of hydrogen-bond acceptors (Lipinski definition) is 8. The standard InChI is InChI=1S/C25H27N7O5/c33-22(19-9-4-8-18-14-30-32-21(18)19)29-15-20(31-25(35)37-16-17-6-2-1-3-7-17)23(34)36-13-5-10-26-24-27-11-12-28-24/h1-4,6-9,11-12,14,20H,5,10,13,15-16H2,(H,29,33)(H,30,32)(H,31,35)(H2,26,27,28). The van der Waals surface area contributed by atoms with E-state index in [2.05, 4.69) is 36.1 Å². The van der Waals surface area contributed by atoms with Crippen LogP contribution >= 0.6 is 0 Å². The third-order valence-electron chi connectivity index (χ3n) is 5.33. The van der Waals surface area contributed by atoms with E-state index in [1.54, 1.807) is 30.7 Å². The number of nitrogens with zero attached hydrogens (tertiary/aromatic N) is 2. The van der Waals surface area contributed by atoms with Crippen molar-refractivity contribution in [3.05, 3.63) is 78.2 Å². The van der Waals surface area contributed by atoms with E-state index in [-0.39, 0.29) is 19.8 Å². The molecule has 1 unspecified atom stereocenters. The lowest BCUT2D eigenvalue weighted by molar-refractivity contribution is -0.145. The second-order valence-electron chi connectivity index (χ2n) is 7.99. The van der Waals surface area contributed by atoms with Gasteiger partial charge in [-0.1, -0.05) is 42.5 Å². The van der Waals surface area contributed by atoms with Crippen LogP contribution in [-0.4, -0.2) is 63.9 Å². The molecule has 5 N–H and O–H groups in total. The van der Waals surface area contributed by atoms with Crippen molar-refractivity contribution in [2.45, 2.75) is 19.1 Å². The van der Waals surface area contributed by atoms with Gasteiger partial charge in [-0.25, -0.2) is 14.6 Å². The quantitative estimate of drug-likeness (QED) is 0.145. The van der Waals surface area contributed by atoms with Gasteiger partial charge in [-0.3, -0.25) is 9.89 Å². The van der Waals surface area contributed by atoms with E-state index in [0.29, 0.717) is 30.0 Å². The minimum absolute atomic E-state index is 0.0288. The van der Waals surface area contributed by atoms with E-state index in [4.69, 9.17) is 9.47 Å². The number of nitrogens with one attached hydrogen (secondary N) is 5. The number of benzene rings is 2. The zero-order valence-electron chi connectivity index (χ0n) is 19.9. The van der Waals surface area contributed by atoms with Gasteiger partial charge in [-0.2, -0.15) is 5.10 Å². The summed E-state index contributed by atoms with van der Waals surface area (Å²) < 4.78 is 10.6. The molecule has 4 rings (SSSR count). The molecule has 0 aliphatic rings. The maximum atomic E-state index is 12.8. The Morgan fingerprint density at radius 3 is 2.70 bits per heavy atom. The van der Waals surface area contributed by atoms with Crippen molar-refractivity contribution < 1.29 is 23.9 Å². The first-order valence-electron chi connectivity index (χ1n) is 11.7. The van der Waals surface area contributed by atoms with E-state index in [1.807, 2.05) is 36.4 Å².